The van der Waals surface area contributed by atoms with E-state index in [1.54, 1.807) is 6.07 Å². The number of likely N-dealkylation sites (N-methyl/N-ethyl adjacent to an activating group) is 1. The predicted octanol–water partition coefficient (Wildman–Crippen LogP) is 2.79. The molecule has 26 heavy (non-hydrogen) atoms. The lowest BCUT2D eigenvalue weighted by atomic mass is 10.2. The van der Waals surface area contributed by atoms with Crippen molar-refractivity contribution in [2.75, 3.05) is 32.5 Å². The Balaban J connectivity index is 1.83. The first-order valence-corrected chi connectivity index (χ1v) is 9.26. The van der Waals surface area contributed by atoms with Crippen molar-refractivity contribution in [1.29, 1.82) is 0 Å². The smallest absolute Gasteiger partial charge is 0.270 e. The van der Waals surface area contributed by atoms with Crippen LogP contribution in [0.3, 0.4) is 0 Å². The molecule has 1 fully saturated rings. The Hall–Kier alpha value is -2.47. The monoisotopic (exact) mass is 353 g/mol. The van der Waals surface area contributed by atoms with Gasteiger partial charge in [0.15, 0.2) is 5.82 Å². The van der Waals surface area contributed by atoms with Crippen molar-refractivity contribution in [1.82, 2.24) is 20.2 Å². The van der Waals surface area contributed by atoms with Crippen LogP contribution in [0.2, 0.25) is 0 Å². The van der Waals surface area contributed by atoms with Crippen molar-refractivity contribution in [3.63, 3.8) is 0 Å². The average Bonchev–Trinajstić information content (AvgIpc) is 3.15. The third-order valence-electron chi connectivity index (χ3n) is 4.54. The Labute approximate surface area is 155 Å². The van der Waals surface area contributed by atoms with E-state index in [-0.39, 0.29) is 5.91 Å². The SMILES string of the molecule is CN(C)CCNC(=O)c1cc(NC2CCCC2)nc(-c2ccccc2)n1. The fraction of sp³-hybridized carbons (Fsp3) is 0.450. The zero-order valence-corrected chi connectivity index (χ0v) is 15.5. The first kappa shape index (κ1) is 18.3. The molecule has 1 heterocycles. The van der Waals surface area contributed by atoms with Crippen LogP contribution in [-0.4, -0.2) is 54.0 Å². The van der Waals surface area contributed by atoms with E-state index in [2.05, 4.69) is 20.6 Å². The second kappa shape index (κ2) is 8.76. The van der Waals surface area contributed by atoms with Gasteiger partial charge in [-0.05, 0) is 26.9 Å². The van der Waals surface area contributed by atoms with Gasteiger partial charge in [-0.25, -0.2) is 9.97 Å². The van der Waals surface area contributed by atoms with Crippen molar-refractivity contribution in [3.8, 4) is 11.4 Å². The zero-order chi connectivity index (χ0) is 18.4. The van der Waals surface area contributed by atoms with Crippen LogP contribution in [0.4, 0.5) is 5.82 Å². The number of hydrogen-bond acceptors (Lipinski definition) is 5. The summed E-state index contributed by atoms with van der Waals surface area (Å²) in [5.74, 6) is 1.13. The van der Waals surface area contributed by atoms with Gasteiger partial charge in [-0.1, -0.05) is 43.2 Å². The number of carbonyl (C=O) groups excluding carboxylic acids is 1. The molecule has 0 saturated heterocycles. The number of amides is 1. The molecular formula is C20H27N5O. The van der Waals surface area contributed by atoms with Gasteiger partial charge in [0.25, 0.3) is 5.91 Å². The molecule has 138 valence electrons. The summed E-state index contributed by atoms with van der Waals surface area (Å²) in [6.07, 6.45) is 4.78. The van der Waals surface area contributed by atoms with Gasteiger partial charge in [-0.15, -0.1) is 0 Å². The molecule has 1 aliphatic carbocycles. The molecule has 0 aliphatic heterocycles. The highest BCUT2D eigenvalue weighted by molar-refractivity contribution is 5.93. The summed E-state index contributed by atoms with van der Waals surface area (Å²) in [4.78, 5) is 23.7. The van der Waals surface area contributed by atoms with Crippen molar-refractivity contribution in [2.24, 2.45) is 0 Å². The van der Waals surface area contributed by atoms with E-state index in [9.17, 15) is 4.79 Å². The number of nitrogens with one attached hydrogen (secondary N) is 2. The van der Waals surface area contributed by atoms with Crippen LogP contribution in [0.15, 0.2) is 36.4 Å². The van der Waals surface area contributed by atoms with Crippen LogP contribution in [0.5, 0.6) is 0 Å². The minimum absolute atomic E-state index is 0.166. The molecule has 1 aliphatic rings. The molecule has 2 N–H and O–H groups in total. The van der Waals surface area contributed by atoms with Gasteiger partial charge in [0, 0.05) is 30.8 Å². The molecule has 0 radical (unpaired) electrons. The van der Waals surface area contributed by atoms with Crippen LogP contribution in [0.1, 0.15) is 36.2 Å². The van der Waals surface area contributed by atoms with Crippen LogP contribution >= 0.6 is 0 Å². The van der Waals surface area contributed by atoms with E-state index in [0.29, 0.717) is 24.1 Å². The third-order valence-corrected chi connectivity index (χ3v) is 4.54. The Morgan fingerprint density at radius 3 is 2.58 bits per heavy atom. The second-order valence-corrected chi connectivity index (χ2v) is 7.01. The molecule has 0 spiro atoms. The number of benzene rings is 1. The van der Waals surface area contributed by atoms with E-state index in [1.807, 2.05) is 49.3 Å². The first-order valence-electron chi connectivity index (χ1n) is 9.26. The lowest BCUT2D eigenvalue weighted by molar-refractivity contribution is 0.0946. The van der Waals surface area contributed by atoms with Crippen LogP contribution in [0.25, 0.3) is 11.4 Å². The lowest BCUT2D eigenvalue weighted by Crippen LogP contribution is -2.32. The van der Waals surface area contributed by atoms with Crippen molar-refractivity contribution in [3.05, 3.63) is 42.1 Å². The highest BCUT2D eigenvalue weighted by Crippen LogP contribution is 2.23. The van der Waals surface area contributed by atoms with E-state index in [1.165, 1.54) is 12.8 Å². The molecule has 3 rings (SSSR count). The minimum Gasteiger partial charge on any atom is -0.367 e. The molecule has 1 saturated carbocycles. The molecule has 0 bridgehead atoms. The second-order valence-electron chi connectivity index (χ2n) is 7.01. The van der Waals surface area contributed by atoms with Gasteiger partial charge in [-0.3, -0.25) is 4.79 Å². The van der Waals surface area contributed by atoms with Crippen LogP contribution in [0, 0.1) is 0 Å². The molecular weight excluding hydrogens is 326 g/mol. The molecule has 1 amide bonds. The molecule has 0 unspecified atom stereocenters. The topological polar surface area (TPSA) is 70.2 Å². The van der Waals surface area contributed by atoms with E-state index in [4.69, 9.17) is 0 Å². The van der Waals surface area contributed by atoms with Gasteiger partial charge in [0.1, 0.15) is 11.5 Å². The highest BCUT2D eigenvalue weighted by Gasteiger charge is 2.18. The standard InChI is InChI=1S/C20H27N5O/c1-25(2)13-12-21-20(26)17-14-18(22-16-10-6-7-11-16)24-19(23-17)15-8-4-3-5-9-15/h3-5,8-9,14,16H,6-7,10-13H2,1-2H3,(H,21,26)(H,22,23,24). The van der Waals surface area contributed by atoms with Gasteiger partial charge in [0.05, 0.1) is 0 Å². The summed E-state index contributed by atoms with van der Waals surface area (Å²) in [7, 11) is 3.96. The Kier molecular flexibility index (Phi) is 6.17. The zero-order valence-electron chi connectivity index (χ0n) is 15.5. The molecule has 0 atom stereocenters. The number of anilines is 1. The first-order chi connectivity index (χ1) is 12.6. The number of nitrogens with zero attached hydrogens (tertiary/aromatic N) is 3. The van der Waals surface area contributed by atoms with Crippen molar-refractivity contribution >= 4 is 11.7 Å². The fourth-order valence-electron chi connectivity index (χ4n) is 3.12. The number of aromatic nitrogens is 2. The Bertz CT molecular complexity index is 726. The largest absolute Gasteiger partial charge is 0.367 e. The summed E-state index contributed by atoms with van der Waals surface area (Å²) in [5.41, 5.74) is 1.31. The molecule has 1 aromatic carbocycles. The van der Waals surface area contributed by atoms with Crippen LogP contribution in [-0.2, 0) is 0 Å². The van der Waals surface area contributed by atoms with Gasteiger partial charge < -0.3 is 15.5 Å². The summed E-state index contributed by atoms with van der Waals surface area (Å²) in [5, 5.41) is 6.41. The predicted molar refractivity (Wildman–Crippen MR) is 104 cm³/mol. The fourth-order valence-corrected chi connectivity index (χ4v) is 3.12. The molecule has 1 aromatic heterocycles. The summed E-state index contributed by atoms with van der Waals surface area (Å²) in [6.45, 7) is 1.37. The highest BCUT2D eigenvalue weighted by atomic mass is 16.1. The van der Waals surface area contributed by atoms with E-state index in [0.717, 1.165) is 30.8 Å². The maximum atomic E-state index is 12.6. The quantitative estimate of drug-likeness (QED) is 0.801. The van der Waals surface area contributed by atoms with Crippen molar-refractivity contribution in [2.45, 2.75) is 31.7 Å². The van der Waals surface area contributed by atoms with Crippen molar-refractivity contribution < 1.29 is 4.79 Å². The average molecular weight is 353 g/mol. The molecule has 2 aromatic rings. The van der Waals surface area contributed by atoms with Gasteiger partial charge >= 0.3 is 0 Å². The number of carbonyl (C=O) groups is 1. The summed E-state index contributed by atoms with van der Waals surface area (Å²) >= 11 is 0. The molecule has 6 heteroatoms. The summed E-state index contributed by atoms with van der Waals surface area (Å²) in [6, 6.07) is 12.0. The normalized spacial score (nSPS) is 14.6. The maximum Gasteiger partial charge on any atom is 0.270 e. The van der Waals surface area contributed by atoms with Crippen LogP contribution < -0.4 is 10.6 Å². The van der Waals surface area contributed by atoms with Gasteiger partial charge in [0.2, 0.25) is 0 Å². The van der Waals surface area contributed by atoms with E-state index >= 15 is 0 Å². The third kappa shape index (κ3) is 5.02. The van der Waals surface area contributed by atoms with Gasteiger partial charge in [-0.2, -0.15) is 0 Å². The Morgan fingerprint density at radius 2 is 1.88 bits per heavy atom. The number of hydrogen-bond donors (Lipinski definition) is 2. The Morgan fingerprint density at radius 1 is 1.15 bits per heavy atom. The lowest BCUT2D eigenvalue weighted by Gasteiger charge is -2.15. The number of rotatable bonds is 7. The molecule has 6 nitrogen and oxygen atoms in total. The van der Waals surface area contributed by atoms with E-state index < -0.39 is 0 Å². The minimum atomic E-state index is -0.166. The summed E-state index contributed by atoms with van der Waals surface area (Å²) < 4.78 is 0. The maximum absolute atomic E-state index is 12.6.